The van der Waals surface area contributed by atoms with Gasteiger partial charge in [0.2, 0.25) is 5.95 Å². The van der Waals surface area contributed by atoms with Crippen LogP contribution in [0.25, 0.3) is 10.2 Å². The van der Waals surface area contributed by atoms with Gasteiger partial charge in [0, 0.05) is 18.1 Å². The summed E-state index contributed by atoms with van der Waals surface area (Å²) in [6.07, 6.45) is 2.89. The smallest absolute Gasteiger partial charge is 0.240 e. The molecular weight excluding hydrogens is 286 g/mol. The van der Waals surface area contributed by atoms with Gasteiger partial charge in [-0.3, -0.25) is 10.1 Å². The monoisotopic (exact) mass is 303 g/mol. The molecule has 7 nitrogen and oxygen atoms in total. The average Bonchev–Trinajstić information content (AvgIpc) is 3.01. The van der Waals surface area contributed by atoms with Crippen molar-refractivity contribution in [2.45, 2.75) is 20.3 Å². The zero-order valence-corrected chi connectivity index (χ0v) is 13.0. The Kier molecular flexibility index (Phi) is 3.48. The number of hydrogen-bond acceptors (Lipinski definition) is 7. The highest BCUT2D eigenvalue weighted by Crippen LogP contribution is 2.32. The summed E-state index contributed by atoms with van der Waals surface area (Å²) in [6.45, 7) is 4.08. The van der Waals surface area contributed by atoms with E-state index in [1.165, 1.54) is 4.88 Å². The van der Waals surface area contributed by atoms with Crippen LogP contribution in [0.15, 0.2) is 12.3 Å². The van der Waals surface area contributed by atoms with E-state index in [0.717, 1.165) is 33.8 Å². The molecule has 0 saturated heterocycles. The van der Waals surface area contributed by atoms with Gasteiger partial charge in [0.25, 0.3) is 0 Å². The Bertz CT molecular complexity index is 789. The van der Waals surface area contributed by atoms with Gasteiger partial charge in [-0.1, -0.05) is 6.92 Å². The Morgan fingerprint density at radius 1 is 1.38 bits per heavy atom. The minimum Gasteiger partial charge on any atom is -0.337 e. The van der Waals surface area contributed by atoms with E-state index in [2.05, 4.69) is 38.8 Å². The Balaban J connectivity index is 2.11. The lowest BCUT2D eigenvalue weighted by Gasteiger charge is -2.07. The van der Waals surface area contributed by atoms with Gasteiger partial charge in [-0.15, -0.1) is 11.3 Å². The zero-order chi connectivity index (χ0) is 15.0. The van der Waals surface area contributed by atoms with E-state index in [4.69, 9.17) is 5.84 Å². The minimum absolute atomic E-state index is 0.399. The van der Waals surface area contributed by atoms with Gasteiger partial charge in [0.15, 0.2) is 0 Å². The summed E-state index contributed by atoms with van der Waals surface area (Å²) in [5.74, 6) is 6.60. The summed E-state index contributed by atoms with van der Waals surface area (Å²) >= 11 is 1.65. The molecule has 0 aromatic carbocycles. The number of aromatic nitrogens is 4. The molecule has 0 unspecified atom stereocenters. The van der Waals surface area contributed by atoms with Crippen LogP contribution >= 0.6 is 11.3 Å². The molecule has 0 spiro atoms. The predicted molar refractivity (Wildman–Crippen MR) is 85.8 cm³/mol. The van der Waals surface area contributed by atoms with E-state index in [0.29, 0.717) is 5.95 Å². The molecule has 0 aliphatic rings. The molecule has 0 amide bonds. The van der Waals surface area contributed by atoms with E-state index >= 15 is 0 Å². The van der Waals surface area contributed by atoms with Crippen molar-refractivity contribution in [2.24, 2.45) is 12.9 Å². The molecule has 0 radical (unpaired) electrons. The molecular formula is C13H17N7S. The third-order valence-electron chi connectivity index (χ3n) is 3.19. The van der Waals surface area contributed by atoms with E-state index in [-0.39, 0.29) is 0 Å². The lowest BCUT2D eigenvalue weighted by Crippen LogP contribution is -2.11. The number of nitrogens with two attached hydrogens (primary N) is 1. The minimum atomic E-state index is 0.399. The topological polar surface area (TPSA) is 93.7 Å². The second kappa shape index (κ2) is 5.30. The lowest BCUT2D eigenvalue weighted by atomic mass is 10.3. The molecule has 21 heavy (non-hydrogen) atoms. The van der Waals surface area contributed by atoms with Crippen LogP contribution < -0.4 is 16.6 Å². The Morgan fingerprint density at radius 2 is 2.19 bits per heavy atom. The summed E-state index contributed by atoms with van der Waals surface area (Å²) in [5.41, 5.74) is 4.35. The number of hydrogen-bond donors (Lipinski definition) is 3. The van der Waals surface area contributed by atoms with Gasteiger partial charge < -0.3 is 5.32 Å². The van der Waals surface area contributed by atoms with E-state index in [9.17, 15) is 0 Å². The molecule has 0 aliphatic heterocycles. The van der Waals surface area contributed by atoms with Crippen LogP contribution in [0, 0.1) is 6.92 Å². The SMILES string of the molecule is CCc1cc2c(Nc3cn(C)nc3C)nc(NN)nc2s1. The first-order valence-corrected chi connectivity index (χ1v) is 7.46. The number of anilines is 3. The van der Waals surface area contributed by atoms with Gasteiger partial charge in [-0.2, -0.15) is 10.1 Å². The molecule has 8 heteroatoms. The normalized spacial score (nSPS) is 11.0. The van der Waals surface area contributed by atoms with Gasteiger partial charge in [-0.25, -0.2) is 10.8 Å². The predicted octanol–water partition coefficient (Wildman–Crippen LogP) is 2.32. The van der Waals surface area contributed by atoms with Crippen molar-refractivity contribution in [1.29, 1.82) is 0 Å². The Morgan fingerprint density at radius 3 is 2.81 bits per heavy atom. The number of nitrogens with zero attached hydrogens (tertiary/aromatic N) is 4. The first-order valence-electron chi connectivity index (χ1n) is 6.65. The second-order valence-corrected chi connectivity index (χ2v) is 5.87. The number of aryl methyl sites for hydroxylation is 3. The van der Waals surface area contributed by atoms with Crippen molar-refractivity contribution in [3.63, 3.8) is 0 Å². The van der Waals surface area contributed by atoms with Crippen LogP contribution in [0.4, 0.5) is 17.5 Å². The lowest BCUT2D eigenvalue weighted by molar-refractivity contribution is 0.756. The van der Waals surface area contributed by atoms with Crippen LogP contribution in [0.3, 0.4) is 0 Å². The van der Waals surface area contributed by atoms with Crippen molar-refractivity contribution in [3.05, 3.63) is 22.8 Å². The van der Waals surface area contributed by atoms with E-state index in [1.807, 2.05) is 20.2 Å². The largest absolute Gasteiger partial charge is 0.337 e. The maximum Gasteiger partial charge on any atom is 0.240 e. The second-order valence-electron chi connectivity index (χ2n) is 4.75. The van der Waals surface area contributed by atoms with Crippen molar-refractivity contribution < 1.29 is 0 Å². The first-order chi connectivity index (χ1) is 10.1. The van der Waals surface area contributed by atoms with Crippen LogP contribution in [0.5, 0.6) is 0 Å². The molecule has 0 atom stereocenters. The Labute approximate surface area is 126 Å². The van der Waals surface area contributed by atoms with E-state index < -0.39 is 0 Å². The Hall–Kier alpha value is -2.19. The maximum absolute atomic E-state index is 5.46. The fraction of sp³-hybridized carbons (Fsp3) is 0.308. The molecule has 3 rings (SSSR count). The first kappa shape index (κ1) is 13.8. The third kappa shape index (κ3) is 2.55. The summed E-state index contributed by atoms with van der Waals surface area (Å²) in [4.78, 5) is 11.0. The average molecular weight is 303 g/mol. The number of nitrogens with one attached hydrogen (secondary N) is 2. The zero-order valence-electron chi connectivity index (χ0n) is 12.1. The molecule has 3 heterocycles. The molecule has 3 aromatic heterocycles. The maximum atomic E-state index is 5.46. The van der Waals surface area contributed by atoms with Gasteiger partial charge in [-0.05, 0) is 19.4 Å². The number of hydrazine groups is 1. The molecule has 4 N–H and O–H groups in total. The number of rotatable bonds is 4. The summed E-state index contributed by atoms with van der Waals surface area (Å²) in [5, 5.41) is 8.65. The highest BCUT2D eigenvalue weighted by molar-refractivity contribution is 7.18. The summed E-state index contributed by atoms with van der Waals surface area (Å²) in [6, 6.07) is 2.12. The molecule has 0 saturated carbocycles. The van der Waals surface area contributed by atoms with Gasteiger partial charge in [0.1, 0.15) is 10.6 Å². The standard InChI is InChI=1S/C13H17N7S/c1-4-8-5-9-11(15-10-6-20(3)19-7(10)2)16-13(18-14)17-12(9)21-8/h5-6H,4,14H2,1-3H3,(H2,15,16,17,18). The van der Waals surface area contributed by atoms with Crippen LogP contribution in [0.2, 0.25) is 0 Å². The van der Waals surface area contributed by atoms with Crippen molar-refractivity contribution in [1.82, 2.24) is 19.7 Å². The quantitative estimate of drug-likeness (QED) is 0.506. The van der Waals surface area contributed by atoms with Gasteiger partial charge >= 0.3 is 0 Å². The molecule has 0 aliphatic carbocycles. The highest BCUT2D eigenvalue weighted by atomic mass is 32.1. The van der Waals surface area contributed by atoms with E-state index in [1.54, 1.807) is 16.0 Å². The van der Waals surface area contributed by atoms with Crippen molar-refractivity contribution in [2.75, 3.05) is 10.7 Å². The molecule has 0 bridgehead atoms. The molecule has 110 valence electrons. The van der Waals surface area contributed by atoms with Crippen molar-refractivity contribution in [3.8, 4) is 0 Å². The highest BCUT2D eigenvalue weighted by Gasteiger charge is 2.13. The molecule has 3 aromatic rings. The number of nitrogen functional groups attached to an aromatic ring is 1. The summed E-state index contributed by atoms with van der Waals surface area (Å²) < 4.78 is 1.77. The number of fused-ring (bicyclic) bond motifs is 1. The van der Waals surface area contributed by atoms with Crippen LogP contribution in [0.1, 0.15) is 17.5 Å². The van der Waals surface area contributed by atoms with Crippen molar-refractivity contribution >= 4 is 39.0 Å². The fourth-order valence-electron chi connectivity index (χ4n) is 2.16. The van der Waals surface area contributed by atoms with Gasteiger partial charge in [0.05, 0.1) is 16.8 Å². The fourth-order valence-corrected chi connectivity index (χ4v) is 3.12. The molecule has 0 fully saturated rings. The summed E-state index contributed by atoms with van der Waals surface area (Å²) in [7, 11) is 1.89. The van der Waals surface area contributed by atoms with Crippen LogP contribution in [-0.2, 0) is 13.5 Å². The van der Waals surface area contributed by atoms with Crippen LogP contribution in [-0.4, -0.2) is 19.7 Å². The number of thiophene rings is 1. The third-order valence-corrected chi connectivity index (χ3v) is 4.36.